The standard InChI is InChI=1S/C9H16O3/c10-8-3-1-2-4-9(7-8)11-5-6-12-9/h8,10H,1-7H2/t8-/m1/s1. The van der Waals surface area contributed by atoms with Crippen LogP contribution in [0.1, 0.15) is 32.1 Å². The van der Waals surface area contributed by atoms with E-state index in [4.69, 9.17) is 9.47 Å². The third kappa shape index (κ3) is 1.63. The molecule has 0 unspecified atom stereocenters. The van der Waals surface area contributed by atoms with Crippen molar-refractivity contribution in [1.29, 1.82) is 0 Å². The highest BCUT2D eigenvalue weighted by Gasteiger charge is 2.39. The lowest BCUT2D eigenvalue weighted by Gasteiger charge is -2.26. The van der Waals surface area contributed by atoms with E-state index in [9.17, 15) is 5.11 Å². The van der Waals surface area contributed by atoms with Crippen molar-refractivity contribution in [2.24, 2.45) is 0 Å². The molecule has 1 heterocycles. The Kier molecular flexibility index (Phi) is 2.35. The summed E-state index contributed by atoms with van der Waals surface area (Å²) in [5, 5.41) is 9.55. The molecule has 2 fully saturated rings. The molecular formula is C9H16O3. The van der Waals surface area contributed by atoms with Gasteiger partial charge in [-0.2, -0.15) is 0 Å². The van der Waals surface area contributed by atoms with E-state index in [1.54, 1.807) is 0 Å². The van der Waals surface area contributed by atoms with Crippen LogP contribution < -0.4 is 0 Å². The fourth-order valence-electron chi connectivity index (χ4n) is 2.10. The monoisotopic (exact) mass is 172 g/mol. The highest BCUT2D eigenvalue weighted by molar-refractivity contribution is 4.81. The molecule has 1 aliphatic heterocycles. The van der Waals surface area contributed by atoms with Gasteiger partial charge in [0.05, 0.1) is 19.3 Å². The van der Waals surface area contributed by atoms with Crippen molar-refractivity contribution in [2.45, 2.75) is 44.0 Å². The Hall–Kier alpha value is -0.120. The molecule has 1 saturated carbocycles. The van der Waals surface area contributed by atoms with Crippen LogP contribution in [0.15, 0.2) is 0 Å². The molecule has 0 aromatic heterocycles. The first-order valence-corrected chi connectivity index (χ1v) is 4.77. The highest BCUT2D eigenvalue weighted by Crippen LogP contribution is 2.34. The zero-order valence-corrected chi connectivity index (χ0v) is 7.29. The van der Waals surface area contributed by atoms with Gasteiger partial charge in [0.2, 0.25) is 0 Å². The molecule has 1 atom stereocenters. The minimum absolute atomic E-state index is 0.231. The van der Waals surface area contributed by atoms with Crippen molar-refractivity contribution in [3.63, 3.8) is 0 Å². The second kappa shape index (κ2) is 3.32. The quantitative estimate of drug-likeness (QED) is 0.593. The summed E-state index contributed by atoms with van der Waals surface area (Å²) >= 11 is 0. The maximum atomic E-state index is 9.55. The van der Waals surface area contributed by atoms with Crippen LogP contribution in [0.4, 0.5) is 0 Å². The fourth-order valence-corrected chi connectivity index (χ4v) is 2.10. The van der Waals surface area contributed by atoms with Crippen molar-refractivity contribution in [3.8, 4) is 0 Å². The molecule has 0 aromatic rings. The van der Waals surface area contributed by atoms with E-state index in [0.29, 0.717) is 19.6 Å². The van der Waals surface area contributed by atoms with E-state index in [0.717, 1.165) is 25.7 Å². The van der Waals surface area contributed by atoms with E-state index in [2.05, 4.69) is 0 Å². The molecule has 0 aromatic carbocycles. The molecule has 2 aliphatic rings. The van der Waals surface area contributed by atoms with E-state index >= 15 is 0 Å². The molecule has 70 valence electrons. The number of aliphatic hydroxyl groups is 1. The summed E-state index contributed by atoms with van der Waals surface area (Å²) in [4.78, 5) is 0. The summed E-state index contributed by atoms with van der Waals surface area (Å²) in [6, 6.07) is 0. The lowest BCUT2D eigenvalue weighted by molar-refractivity contribution is -0.177. The molecule has 3 heteroatoms. The molecule has 1 spiro atoms. The molecule has 12 heavy (non-hydrogen) atoms. The maximum absolute atomic E-state index is 9.55. The third-order valence-electron chi connectivity index (χ3n) is 2.71. The van der Waals surface area contributed by atoms with E-state index in [-0.39, 0.29) is 6.10 Å². The molecule has 1 N–H and O–H groups in total. The summed E-state index contributed by atoms with van der Waals surface area (Å²) in [7, 11) is 0. The predicted molar refractivity (Wildman–Crippen MR) is 43.7 cm³/mol. The van der Waals surface area contributed by atoms with E-state index < -0.39 is 5.79 Å². The van der Waals surface area contributed by atoms with Crippen LogP contribution in [0, 0.1) is 0 Å². The number of aliphatic hydroxyl groups excluding tert-OH is 1. The second-order valence-electron chi connectivity index (χ2n) is 3.71. The van der Waals surface area contributed by atoms with Crippen LogP contribution in [-0.4, -0.2) is 30.2 Å². The molecule has 0 bridgehead atoms. The van der Waals surface area contributed by atoms with Crippen molar-refractivity contribution in [1.82, 2.24) is 0 Å². The molecule has 3 nitrogen and oxygen atoms in total. The van der Waals surface area contributed by atoms with Crippen LogP contribution in [0.5, 0.6) is 0 Å². The number of rotatable bonds is 0. The second-order valence-corrected chi connectivity index (χ2v) is 3.71. The number of ether oxygens (including phenoxy) is 2. The first-order chi connectivity index (χ1) is 5.81. The third-order valence-corrected chi connectivity index (χ3v) is 2.71. The lowest BCUT2D eigenvalue weighted by Crippen LogP contribution is -2.32. The minimum atomic E-state index is -0.421. The average Bonchev–Trinajstić information content (AvgIpc) is 2.39. The van der Waals surface area contributed by atoms with Crippen LogP contribution in [-0.2, 0) is 9.47 Å². The van der Waals surface area contributed by atoms with Gasteiger partial charge in [-0.3, -0.25) is 0 Å². The van der Waals surface area contributed by atoms with Crippen LogP contribution in [0.2, 0.25) is 0 Å². The summed E-state index contributed by atoms with van der Waals surface area (Å²) in [6.45, 7) is 1.37. The van der Waals surface area contributed by atoms with E-state index in [1.165, 1.54) is 0 Å². The Labute approximate surface area is 72.7 Å². The van der Waals surface area contributed by atoms with Gasteiger partial charge in [0.1, 0.15) is 0 Å². The molecule has 1 saturated heterocycles. The Morgan fingerprint density at radius 1 is 1.17 bits per heavy atom. The van der Waals surface area contributed by atoms with Crippen molar-refractivity contribution in [3.05, 3.63) is 0 Å². The summed E-state index contributed by atoms with van der Waals surface area (Å²) < 4.78 is 11.1. The molecular weight excluding hydrogens is 156 g/mol. The highest BCUT2D eigenvalue weighted by atomic mass is 16.7. The van der Waals surface area contributed by atoms with Crippen molar-refractivity contribution < 1.29 is 14.6 Å². The summed E-state index contributed by atoms with van der Waals surface area (Å²) in [5.41, 5.74) is 0. The van der Waals surface area contributed by atoms with Gasteiger partial charge in [-0.15, -0.1) is 0 Å². The number of hydrogen-bond acceptors (Lipinski definition) is 3. The Morgan fingerprint density at radius 3 is 2.67 bits per heavy atom. The van der Waals surface area contributed by atoms with Gasteiger partial charge in [-0.25, -0.2) is 0 Å². The Morgan fingerprint density at radius 2 is 1.92 bits per heavy atom. The average molecular weight is 172 g/mol. The van der Waals surface area contributed by atoms with Crippen molar-refractivity contribution in [2.75, 3.05) is 13.2 Å². The van der Waals surface area contributed by atoms with Gasteiger partial charge in [0.15, 0.2) is 5.79 Å². The lowest BCUT2D eigenvalue weighted by atomic mass is 10.1. The molecule has 2 rings (SSSR count). The summed E-state index contributed by atoms with van der Waals surface area (Å²) in [6.07, 6.45) is 4.48. The largest absolute Gasteiger partial charge is 0.393 e. The van der Waals surface area contributed by atoms with Gasteiger partial charge in [-0.05, 0) is 12.8 Å². The smallest absolute Gasteiger partial charge is 0.170 e. The summed E-state index contributed by atoms with van der Waals surface area (Å²) in [5.74, 6) is -0.421. The Bertz CT molecular complexity index is 152. The fraction of sp³-hybridized carbons (Fsp3) is 1.00. The maximum Gasteiger partial charge on any atom is 0.170 e. The van der Waals surface area contributed by atoms with Crippen molar-refractivity contribution >= 4 is 0 Å². The molecule has 1 aliphatic carbocycles. The SMILES string of the molecule is O[C@@H]1CCCCC2(C1)OCCO2. The number of hydrogen-bond donors (Lipinski definition) is 1. The van der Waals surface area contributed by atoms with Gasteiger partial charge < -0.3 is 14.6 Å². The minimum Gasteiger partial charge on any atom is -0.393 e. The Balaban J connectivity index is 2.02. The van der Waals surface area contributed by atoms with E-state index in [1.807, 2.05) is 0 Å². The van der Waals surface area contributed by atoms with Gasteiger partial charge in [0.25, 0.3) is 0 Å². The zero-order chi connectivity index (χ0) is 8.44. The van der Waals surface area contributed by atoms with Crippen LogP contribution in [0.3, 0.4) is 0 Å². The topological polar surface area (TPSA) is 38.7 Å². The normalized spacial score (nSPS) is 35.2. The zero-order valence-electron chi connectivity index (χ0n) is 7.29. The van der Waals surface area contributed by atoms with Crippen LogP contribution >= 0.6 is 0 Å². The van der Waals surface area contributed by atoms with Gasteiger partial charge in [-0.1, -0.05) is 6.42 Å². The van der Waals surface area contributed by atoms with Crippen LogP contribution in [0.25, 0.3) is 0 Å². The predicted octanol–water partition coefficient (Wildman–Crippen LogP) is 1.05. The molecule has 0 amide bonds. The van der Waals surface area contributed by atoms with Gasteiger partial charge in [0, 0.05) is 12.8 Å². The molecule has 0 radical (unpaired) electrons. The van der Waals surface area contributed by atoms with Gasteiger partial charge >= 0.3 is 0 Å². The first kappa shape index (κ1) is 8.48. The first-order valence-electron chi connectivity index (χ1n) is 4.77.